The SMILES string of the molecule is CC(C)C(=O)NCCNC(=O)/C=C/c1cc(Cl)ccc1Cl. The van der Waals surface area contributed by atoms with Crippen molar-refractivity contribution in [1.82, 2.24) is 10.6 Å². The van der Waals surface area contributed by atoms with Gasteiger partial charge in [-0.3, -0.25) is 9.59 Å². The van der Waals surface area contributed by atoms with Crippen LogP contribution in [-0.4, -0.2) is 24.9 Å². The van der Waals surface area contributed by atoms with Gasteiger partial charge in [0.15, 0.2) is 0 Å². The lowest BCUT2D eigenvalue weighted by Gasteiger charge is -2.07. The molecule has 0 aliphatic heterocycles. The van der Waals surface area contributed by atoms with Crippen LogP contribution in [-0.2, 0) is 9.59 Å². The van der Waals surface area contributed by atoms with E-state index in [0.717, 1.165) is 0 Å². The molecule has 0 unspecified atom stereocenters. The summed E-state index contributed by atoms with van der Waals surface area (Å²) >= 11 is 11.8. The minimum atomic E-state index is -0.259. The Morgan fingerprint density at radius 3 is 2.52 bits per heavy atom. The third kappa shape index (κ3) is 6.65. The maximum absolute atomic E-state index is 11.6. The van der Waals surface area contributed by atoms with Gasteiger partial charge in [-0.1, -0.05) is 37.0 Å². The molecular weight excluding hydrogens is 311 g/mol. The number of hydrogen-bond donors (Lipinski definition) is 2. The van der Waals surface area contributed by atoms with Crippen molar-refractivity contribution in [2.24, 2.45) is 5.92 Å². The molecule has 6 heteroatoms. The van der Waals surface area contributed by atoms with Gasteiger partial charge in [-0.05, 0) is 29.8 Å². The average Bonchev–Trinajstić information content (AvgIpc) is 2.44. The van der Waals surface area contributed by atoms with Crippen molar-refractivity contribution in [3.8, 4) is 0 Å². The number of hydrogen-bond acceptors (Lipinski definition) is 2. The Kier molecular flexibility index (Phi) is 7.26. The van der Waals surface area contributed by atoms with Crippen LogP contribution in [0.4, 0.5) is 0 Å². The van der Waals surface area contributed by atoms with Crippen molar-refractivity contribution in [2.75, 3.05) is 13.1 Å². The lowest BCUT2D eigenvalue weighted by atomic mass is 10.2. The quantitative estimate of drug-likeness (QED) is 0.623. The van der Waals surface area contributed by atoms with Gasteiger partial charge in [0, 0.05) is 35.1 Å². The fourth-order valence-electron chi connectivity index (χ4n) is 1.44. The zero-order chi connectivity index (χ0) is 15.8. The second-order valence-electron chi connectivity index (χ2n) is 4.74. The van der Waals surface area contributed by atoms with E-state index in [9.17, 15) is 9.59 Å². The molecule has 114 valence electrons. The minimum absolute atomic E-state index is 0.0366. The lowest BCUT2D eigenvalue weighted by molar-refractivity contribution is -0.124. The highest BCUT2D eigenvalue weighted by atomic mass is 35.5. The van der Waals surface area contributed by atoms with Gasteiger partial charge in [-0.15, -0.1) is 0 Å². The van der Waals surface area contributed by atoms with E-state index in [1.807, 2.05) is 13.8 Å². The van der Waals surface area contributed by atoms with Crippen LogP contribution in [0.25, 0.3) is 6.08 Å². The van der Waals surface area contributed by atoms with Crippen molar-refractivity contribution in [3.05, 3.63) is 39.9 Å². The number of carbonyl (C=O) groups excluding carboxylic acids is 2. The minimum Gasteiger partial charge on any atom is -0.354 e. The molecule has 0 saturated carbocycles. The molecule has 2 N–H and O–H groups in total. The Morgan fingerprint density at radius 1 is 1.19 bits per heavy atom. The smallest absolute Gasteiger partial charge is 0.244 e. The van der Waals surface area contributed by atoms with Crippen molar-refractivity contribution in [3.63, 3.8) is 0 Å². The first kappa shape index (κ1) is 17.5. The Hall–Kier alpha value is -1.52. The summed E-state index contributed by atoms with van der Waals surface area (Å²) in [5, 5.41) is 6.45. The number of halogens is 2. The van der Waals surface area contributed by atoms with Crippen molar-refractivity contribution >= 4 is 41.1 Å². The van der Waals surface area contributed by atoms with Gasteiger partial charge in [0.05, 0.1) is 0 Å². The van der Waals surface area contributed by atoms with Crippen molar-refractivity contribution in [2.45, 2.75) is 13.8 Å². The third-order valence-electron chi connectivity index (χ3n) is 2.62. The van der Waals surface area contributed by atoms with E-state index in [1.165, 1.54) is 6.08 Å². The molecule has 0 aromatic heterocycles. The average molecular weight is 329 g/mol. The second-order valence-corrected chi connectivity index (χ2v) is 5.58. The highest BCUT2D eigenvalue weighted by Gasteiger charge is 2.05. The van der Waals surface area contributed by atoms with E-state index in [0.29, 0.717) is 28.7 Å². The molecule has 0 aliphatic rings. The van der Waals surface area contributed by atoms with Gasteiger partial charge in [-0.25, -0.2) is 0 Å². The largest absolute Gasteiger partial charge is 0.354 e. The summed E-state index contributed by atoms with van der Waals surface area (Å²) in [4.78, 5) is 22.9. The summed E-state index contributed by atoms with van der Waals surface area (Å²) in [6.45, 7) is 4.39. The van der Waals surface area contributed by atoms with E-state index in [4.69, 9.17) is 23.2 Å². The molecule has 0 bridgehead atoms. The van der Waals surface area contributed by atoms with E-state index >= 15 is 0 Å². The summed E-state index contributed by atoms with van der Waals surface area (Å²) in [5.74, 6) is -0.360. The maximum atomic E-state index is 11.6. The predicted molar refractivity (Wildman–Crippen MR) is 86.4 cm³/mol. The topological polar surface area (TPSA) is 58.2 Å². The zero-order valence-electron chi connectivity index (χ0n) is 12.0. The number of amides is 2. The lowest BCUT2D eigenvalue weighted by Crippen LogP contribution is -2.35. The Bertz CT molecular complexity index is 542. The van der Waals surface area contributed by atoms with E-state index < -0.39 is 0 Å². The molecule has 0 aliphatic carbocycles. The number of rotatable bonds is 6. The number of carbonyl (C=O) groups is 2. The van der Waals surface area contributed by atoms with Crippen LogP contribution in [0.1, 0.15) is 19.4 Å². The molecule has 0 fully saturated rings. The van der Waals surface area contributed by atoms with Crippen LogP contribution in [0.2, 0.25) is 10.0 Å². The molecule has 1 aromatic rings. The molecule has 0 atom stereocenters. The van der Waals surface area contributed by atoms with E-state index in [-0.39, 0.29) is 17.7 Å². The highest BCUT2D eigenvalue weighted by molar-refractivity contribution is 6.34. The molecule has 21 heavy (non-hydrogen) atoms. The van der Waals surface area contributed by atoms with Gasteiger partial charge in [0.2, 0.25) is 11.8 Å². The van der Waals surface area contributed by atoms with Crippen LogP contribution in [0.15, 0.2) is 24.3 Å². The third-order valence-corrected chi connectivity index (χ3v) is 3.20. The molecule has 2 amide bonds. The van der Waals surface area contributed by atoms with Gasteiger partial charge >= 0.3 is 0 Å². The Balaban J connectivity index is 2.38. The fourth-order valence-corrected chi connectivity index (χ4v) is 1.80. The predicted octanol–water partition coefficient (Wildman–Crippen LogP) is 2.90. The molecule has 0 saturated heterocycles. The fraction of sp³-hybridized carbons (Fsp3) is 0.333. The first-order chi connectivity index (χ1) is 9.90. The van der Waals surface area contributed by atoms with Gasteiger partial charge < -0.3 is 10.6 Å². The molecule has 4 nitrogen and oxygen atoms in total. The van der Waals surface area contributed by atoms with E-state index in [2.05, 4.69) is 10.6 Å². The summed E-state index contributed by atoms with van der Waals surface area (Å²) in [6, 6.07) is 5.03. The standard InChI is InChI=1S/C15H18Cl2N2O2/c1-10(2)15(21)19-8-7-18-14(20)6-3-11-9-12(16)4-5-13(11)17/h3-6,9-10H,7-8H2,1-2H3,(H,18,20)(H,19,21)/b6-3+. The normalized spacial score (nSPS) is 10.9. The van der Waals surface area contributed by atoms with Crippen LogP contribution >= 0.6 is 23.2 Å². The van der Waals surface area contributed by atoms with Gasteiger partial charge in [-0.2, -0.15) is 0 Å². The summed E-state index contributed by atoms with van der Waals surface area (Å²) in [5.41, 5.74) is 0.674. The molecule has 0 heterocycles. The first-order valence-electron chi connectivity index (χ1n) is 6.59. The monoisotopic (exact) mass is 328 g/mol. The van der Waals surface area contributed by atoms with Crippen LogP contribution in [0.5, 0.6) is 0 Å². The molecule has 1 aromatic carbocycles. The van der Waals surface area contributed by atoms with Crippen LogP contribution in [0.3, 0.4) is 0 Å². The maximum Gasteiger partial charge on any atom is 0.244 e. The zero-order valence-corrected chi connectivity index (χ0v) is 13.5. The van der Waals surface area contributed by atoms with Crippen molar-refractivity contribution < 1.29 is 9.59 Å². The number of nitrogens with one attached hydrogen (secondary N) is 2. The van der Waals surface area contributed by atoms with Gasteiger partial charge in [0.25, 0.3) is 0 Å². The number of benzene rings is 1. The highest BCUT2D eigenvalue weighted by Crippen LogP contribution is 2.21. The molecular formula is C15H18Cl2N2O2. The Labute approximate surface area is 134 Å². The summed E-state index contributed by atoms with van der Waals surface area (Å²) in [6.07, 6.45) is 2.97. The van der Waals surface area contributed by atoms with E-state index in [1.54, 1.807) is 24.3 Å². The second kappa shape index (κ2) is 8.70. The molecule has 1 rings (SSSR count). The van der Waals surface area contributed by atoms with Crippen LogP contribution < -0.4 is 10.6 Å². The van der Waals surface area contributed by atoms with Crippen molar-refractivity contribution in [1.29, 1.82) is 0 Å². The van der Waals surface area contributed by atoms with Gasteiger partial charge in [0.1, 0.15) is 0 Å². The summed E-state index contributed by atoms with van der Waals surface area (Å²) in [7, 11) is 0. The summed E-state index contributed by atoms with van der Waals surface area (Å²) < 4.78 is 0. The Morgan fingerprint density at radius 2 is 1.86 bits per heavy atom. The molecule has 0 spiro atoms. The van der Waals surface area contributed by atoms with Crippen LogP contribution in [0, 0.1) is 5.92 Å². The first-order valence-corrected chi connectivity index (χ1v) is 7.34. The molecule has 0 radical (unpaired) electrons.